The SMILES string of the molecule is CCc1ccccc1.CN1SNC(C(N)=O)CC1C(=O)Nc1ccc(F)c(Cl)c1. The number of nitrogens with two attached hydrogens (primary N) is 1. The van der Waals surface area contributed by atoms with Crippen molar-refractivity contribution in [3.8, 4) is 0 Å². The number of nitrogens with one attached hydrogen (secondary N) is 2. The van der Waals surface area contributed by atoms with Gasteiger partial charge in [0.15, 0.2) is 0 Å². The standard InChI is InChI=1S/C12H14ClFN4O2S.C8H10/c1-18-10(5-9(11(15)19)17-21-18)12(20)16-6-2-3-8(14)7(13)4-6;1-2-8-6-4-3-5-7-8/h2-4,9-10,17H,5H2,1H3,(H2,15,19)(H,16,20);3-7H,2H2,1H3. The van der Waals surface area contributed by atoms with Gasteiger partial charge in [0, 0.05) is 17.8 Å². The van der Waals surface area contributed by atoms with Crippen LogP contribution >= 0.6 is 23.7 Å². The Bertz CT molecular complexity index is 840. The predicted octanol–water partition coefficient (Wildman–Crippen LogP) is 3.38. The number of hydrogen-bond donors (Lipinski definition) is 3. The lowest BCUT2D eigenvalue weighted by atomic mass is 10.1. The number of carbonyl (C=O) groups excluding carboxylic acids is 2. The second-order valence-electron chi connectivity index (χ2n) is 6.42. The molecular weight excluding hydrogens is 415 g/mol. The summed E-state index contributed by atoms with van der Waals surface area (Å²) in [5, 5.41) is 2.57. The minimum Gasteiger partial charge on any atom is -0.368 e. The summed E-state index contributed by atoms with van der Waals surface area (Å²) >= 11 is 6.81. The maximum Gasteiger partial charge on any atom is 0.242 e. The molecule has 1 aliphatic heterocycles. The van der Waals surface area contributed by atoms with E-state index in [0.29, 0.717) is 5.69 Å². The predicted molar refractivity (Wildman–Crippen MR) is 116 cm³/mol. The van der Waals surface area contributed by atoms with Gasteiger partial charge in [-0.05, 0) is 43.7 Å². The number of halogens is 2. The number of amides is 2. The van der Waals surface area contributed by atoms with Crippen LogP contribution in [0.15, 0.2) is 48.5 Å². The van der Waals surface area contributed by atoms with Crippen molar-refractivity contribution >= 4 is 41.2 Å². The summed E-state index contributed by atoms with van der Waals surface area (Å²) < 4.78 is 17.6. The summed E-state index contributed by atoms with van der Waals surface area (Å²) in [6.07, 6.45) is 1.39. The van der Waals surface area contributed by atoms with E-state index in [0.717, 1.165) is 18.6 Å². The summed E-state index contributed by atoms with van der Waals surface area (Å²) in [5.74, 6) is -1.39. The van der Waals surface area contributed by atoms with Crippen LogP contribution in [-0.4, -0.2) is 35.3 Å². The quantitative estimate of drug-likeness (QED) is 0.637. The molecule has 3 rings (SSSR count). The molecule has 2 atom stereocenters. The number of nitrogens with zero attached hydrogens (tertiary/aromatic N) is 1. The Kier molecular flexibility index (Phi) is 8.91. The van der Waals surface area contributed by atoms with E-state index in [1.54, 1.807) is 11.4 Å². The molecule has 1 saturated heterocycles. The first-order valence-electron chi connectivity index (χ1n) is 9.06. The molecule has 0 radical (unpaired) electrons. The van der Waals surface area contributed by atoms with Crippen LogP contribution < -0.4 is 15.8 Å². The molecule has 4 N–H and O–H groups in total. The van der Waals surface area contributed by atoms with Gasteiger partial charge in [-0.25, -0.2) is 13.4 Å². The molecule has 1 fully saturated rings. The molecule has 2 unspecified atom stereocenters. The second kappa shape index (κ2) is 11.2. The number of carbonyl (C=O) groups is 2. The molecule has 2 amide bonds. The number of aryl methyl sites for hydroxylation is 1. The van der Waals surface area contributed by atoms with Crippen LogP contribution in [-0.2, 0) is 16.0 Å². The third-order valence-electron chi connectivity index (χ3n) is 4.32. The van der Waals surface area contributed by atoms with E-state index in [2.05, 4.69) is 41.2 Å². The first-order valence-corrected chi connectivity index (χ1v) is 10.2. The molecule has 1 aliphatic rings. The van der Waals surface area contributed by atoms with Crippen molar-refractivity contribution in [3.05, 3.63) is 64.9 Å². The Morgan fingerprint density at radius 3 is 2.55 bits per heavy atom. The van der Waals surface area contributed by atoms with Gasteiger partial charge in [0.25, 0.3) is 0 Å². The van der Waals surface area contributed by atoms with Crippen molar-refractivity contribution in [3.63, 3.8) is 0 Å². The van der Waals surface area contributed by atoms with Gasteiger partial charge in [-0.2, -0.15) is 0 Å². The Balaban J connectivity index is 0.000000313. The zero-order chi connectivity index (χ0) is 21.4. The van der Waals surface area contributed by atoms with Crippen LogP contribution in [0.1, 0.15) is 18.9 Å². The number of hydrogen-bond acceptors (Lipinski definition) is 5. The molecule has 0 bridgehead atoms. The Labute approximate surface area is 179 Å². The topological polar surface area (TPSA) is 87.5 Å². The van der Waals surface area contributed by atoms with E-state index in [9.17, 15) is 14.0 Å². The van der Waals surface area contributed by atoms with Crippen molar-refractivity contribution in [2.45, 2.75) is 31.8 Å². The highest BCUT2D eigenvalue weighted by molar-refractivity contribution is 7.95. The number of benzene rings is 2. The van der Waals surface area contributed by atoms with E-state index >= 15 is 0 Å². The average molecular weight is 439 g/mol. The zero-order valence-corrected chi connectivity index (χ0v) is 17.8. The van der Waals surface area contributed by atoms with Crippen LogP contribution in [0.3, 0.4) is 0 Å². The normalized spacial score (nSPS) is 19.0. The highest BCUT2D eigenvalue weighted by Crippen LogP contribution is 2.24. The first-order chi connectivity index (χ1) is 13.8. The van der Waals surface area contributed by atoms with Crippen molar-refractivity contribution in [1.29, 1.82) is 0 Å². The van der Waals surface area contributed by atoms with Crippen molar-refractivity contribution in [1.82, 2.24) is 9.03 Å². The average Bonchev–Trinajstić information content (AvgIpc) is 2.72. The van der Waals surface area contributed by atoms with Crippen LogP contribution in [0.2, 0.25) is 5.02 Å². The van der Waals surface area contributed by atoms with Gasteiger partial charge in [-0.1, -0.05) is 48.9 Å². The van der Waals surface area contributed by atoms with E-state index in [1.165, 1.54) is 23.8 Å². The first kappa shape index (κ1) is 23.2. The van der Waals surface area contributed by atoms with Gasteiger partial charge in [0.2, 0.25) is 11.8 Å². The van der Waals surface area contributed by atoms with Crippen molar-refractivity contribution in [2.24, 2.45) is 5.73 Å². The molecule has 1 heterocycles. The van der Waals surface area contributed by atoms with Gasteiger partial charge in [-0.15, -0.1) is 0 Å². The lowest BCUT2D eigenvalue weighted by Crippen LogP contribution is -2.53. The molecule has 0 spiro atoms. The summed E-state index contributed by atoms with van der Waals surface area (Å²) in [5.41, 5.74) is 7.04. The Morgan fingerprint density at radius 2 is 2.00 bits per heavy atom. The van der Waals surface area contributed by atoms with Crippen molar-refractivity contribution in [2.75, 3.05) is 12.4 Å². The fraction of sp³-hybridized carbons (Fsp3) is 0.300. The van der Waals surface area contributed by atoms with Gasteiger partial charge in [0.1, 0.15) is 11.9 Å². The molecule has 0 saturated carbocycles. The molecule has 9 heteroatoms. The van der Waals surface area contributed by atoms with E-state index < -0.39 is 23.8 Å². The molecule has 2 aromatic rings. The summed E-state index contributed by atoms with van der Waals surface area (Å²) in [4.78, 5) is 23.5. The Morgan fingerprint density at radius 1 is 1.31 bits per heavy atom. The second-order valence-corrected chi connectivity index (χ2v) is 7.82. The van der Waals surface area contributed by atoms with Gasteiger partial charge in [0.05, 0.1) is 11.1 Å². The molecular formula is C20H24ClFN4O2S. The molecule has 156 valence electrons. The minimum absolute atomic E-state index is 0.0733. The van der Waals surface area contributed by atoms with Gasteiger partial charge >= 0.3 is 0 Å². The third-order valence-corrected chi connectivity index (χ3v) is 5.54. The maximum atomic E-state index is 13.1. The lowest BCUT2D eigenvalue weighted by molar-refractivity contribution is -0.122. The third kappa shape index (κ3) is 7.01. The largest absolute Gasteiger partial charge is 0.368 e. The Hall–Kier alpha value is -2.13. The van der Waals surface area contributed by atoms with E-state index in [4.69, 9.17) is 17.3 Å². The fourth-order valence-corrected chi connectivity index (χ4v) is 3.59. The summed E-state index contributed by atoms with van der Waals surface area (Å²) in [7, 11) is 1.72. The van der Waals surface area contributed by atoms with Crippen LogP contribution in [0.5, 0.6) is 0 Å². The van der Waals surface area contributed by atoms with Crippen LogP contribution in [0.4, 0.5) is 10.1 Å². The molecule has 0 aliphatic carbocycles. The maximum absolute atomic E-state index is 13.1. The number of anilines is 1. The monoisotopic (exact) mass is 438 g/mol. The fourth-order valence-electron chi connectivity index (χ4n) is 2.59. The van der Waals surface area contributed by atoms with E-state index in [1.807, 2.05) is 6.07 Å². The highest BCUT2D eigenvalue weighted by Gasteiger charge is 2.34. The summed E-state index contributed by atoms with van der Waals surface area (Å²) in [6.45, 7) is 2.16. The molecule has 29 heavy (non-hydrogen) atoms. The molecule has 6 nitrogen and oxygen atoms in total. The lowest BCUT2D eigenvalue weighted by Gasteiger charge is -2.34. The van der Waals surface area contributed by atoms with Crippen LogP contribution in [0.25, 0.3) is 0 Å². The molecule has 2 aromatic carbocycles. The minimum atomic E-state index is -0.584. The van der Waals surface area contributed by atoms with E-state index in [-0.39, 0.29) is 17.4 Å². The van der Waals surface area contributed by atoms with Gasteiger partial charge < -0.3 is 11.1 Å². The number of likely N-dealkylation sites (N-methyl/N-ethyl adjacent to an activating group) is 1. The number of rotatable bonds is 4. The zero-order valence-electron chi connectivity index (χ0n) is 16.2. The summed E-state index contributed by atoms with van der Waals surface area (Å²) in [6, 6.07) is 13.2. The highest BCUT2D eigenvalue weighted by atomic mass is 35.5. The number of primary amides is 1. The van der Waals surface area contributed by atoms with Crippen LogP contribution in [0, 0.1) is 5.82 Å². The van der Waals surface area contributed by atoms with Gasteiger partial charge in [-0.3, -0.25) is 9.59 Å². The smallest absolute Gasteiger partial charge is 0.242 e. The molecule has 0 aromatic heterocycles. The van der Waals surface area contributed by atoms with Crippen molar-refractivity contribution < 1.29 is 14.0 Å².